The van der Waals surface area contributed by atoms with Crippen molar-refractivity contribution in [1.29, 1.82) is 0 Å². The molecule has 1 N–H and O–H groups in total. The van der Waals surface area contributed by atoms with Crippen molar-refractivity contribution < 1.29 is 4.79 Å². The van der Waals surface area contributed by atoms with Crippen molar-refractivity contribution in [2.24, 2.45) is 5.92 Å². The molecule has 0 saturated carbocycles. The normalized spacial score (nSPS) is 17.6. The SMILES string of the molecule is CCc1ccc(CN2CCC(CNC(=O)c3cccc(C)c3)C2)nc1. The zero-order valence-corrected chi connectivity index (χ0v) is 15.2. The highest BCUT2D eigenvalue weighted by atomic mass is 16.1. The Morgan fingerprint density at radius 2 is 2.20 bits per heavy atom. The molecule has 1 atom stereocenters. The van der Waals surface area contributed by atoms with Crippen LogP contribution in [0.25, 0.3) is 0 Å². The fourth-order valence-corrected chi connectivity index (χ4v) is 3.34. The van der Waals surface area contributed by atoms with Crippen LogP contribution in [0.2, 0.25) is 0 Å². The Labute approximate surface area is 150 Å². The van der Waals surface area contributed by atoms with Crippen molar-refractivity contribution in [3.8, 4) is 0 Å². The number of hydrogen-bond donors (Lipinski definition) is 1. The predicted molar refractivity (Wildman–Crippen MR) is 101 cm³/mol. The summed E-state index contributed by atoms with van der Waals surface area (Å²) >= 11 is 0. The molecule has 1 unspecified atom stereocenters. The predicted octanol–water partition coefficient (Wildman–Crippen LogP) is 3.20. The second kappa shape index (κ2) is 8.26. The molecule has 1 aliphatic heterocycles. The summed E-state index contributed by atoms with van der Waals surface area (Å²) in [5.74, 6) is 0.544. The maximum Gasteiger partial charge on any atom is 0.251 e. The van der Waals surface area contributed by atoms with Gasteiger partial charge in [-0.2, -0.15) is 0 Å². The summed E-state index contributed by atoms with van der Waals surface area (Å²) in [6, 6.07) is 12.0. The highest BCUT2D eigenvalue weighted by Crippen LogP contribution is 2.18. The van der Waals surface area contributed by atoms with E-state index in [4.69, 9.17) is 0 Å². The first-order valence-corrected chi connectivity index (χ1v) is 9.15. The fourth-order valence-electron chi connectivity index (χ4n) is 3.34. The summed E-state index contributed by atoms with van der Waals surface area (Å²) in [6.07, 6.45) is 4.13. The Bertz CT molecular complexity index is 711. The topological polar surface area (TPSA) is 45.2 Å². The summed E-state index contributed by atoms with van der Waals surface area (Å²) in [5, 5.41) is 3.09. The second-order valence-electron chi connectivity index (χ2n) is 6.98. The standard InChI is InChI=1S/C21H27N3O/c1-3-17-7-8-20(22-12-17)15-24-10-9-18(14-24)13-23-21(25)19-6-4-5-16(2)11-19/h4-8,11-12,18H,3,9-10,13-15H2,1-2H3,(H,23,25). The Kier molecular flexibility index (Phi) is 5.82. The number of pyridine rings is 1. The zero-order chi connectivity index (χ0) is 17.6. The van der Waals surface area contributed by atoms with Gasteiger partial charge in [-0.3, -0.25) is 14.7 Å². The number of nitrogens with one attached hydrogen (secondary N) is 1. The van der Waals surface area contributed by atoms with E-state index in [2.05, 4.69) is 34.3 Å². The second-order valence-corrected chi connectivity index (χ2v) is 6.98. The molecule has 1 aliphatic rings. The van der Waals surface area contributed by atoms with Crippen molar-refractivity contribution in [2.75, 3.05) is 19.6 Å². The summed E-state index contributed by atoms with van der Waals surface area (Å²) in [7, 11) is 0. The van der Waals surface area contributed by atoms with E-state index in [1.165, 1.54) is 5.56 Å². The molecule has 1 aromatic carbocycles. The van der Waals surface area contributed by atoms with Gasteiger partial charge in [-0.1, -0.05) is 30.7 Å². The van der Waals surface area contributed by atoms with Gasteiger partial charge in [-0.25, -0.2) is 0 Å². The quantitative estimate of drug-likeness (QED) is 0.880. The molecule has 0 bridgehead atoms. The number of aromatic nitrogens is 1. The molecule has 25 heavy (non-hydrogen) atoms. The molecule has 2 aromatic rings. The number of carbonyl (C=O) groups is 1. The Morgan fingerprint density at radius 3 is 2.92 bits per heavy atom. The van der Waals surface area contributed by atoms with Crippen LogP contribution in [0, 0.1) is 12.8 Å². The molecule has 0 aliphatic carbocycles. The highest BCUT2D eigenvalue weighted by Gasteiger charge is 2.23. The smallest absolute Gasteiger partial charge is 0.251 e. The van der Waals surface area contributed by atoms with E-state index >= 15 is 0 Å². The Balaban J connectivity index is 1.45. The number of aryl methyl sites for hydroxylation is 2. The van der Waals surface area contributed by atoms with Gasteiger partial charge >= 0.3 is 0 Å². The van der Waals surface area contributed by atoms with E-state index in [0.29, 0.717) is 5.92 Å². The first kappa shape index (κ1) is 17.6. The lowest BCUT2D eigenvalue weighted by Crippen LogP contribution is -2.31. The van der Waals surface area contributed by atoms with Crippen LogP contribution in [-0.2, 0) is 13.0 Å². The molecular formula is C21H27N3O. The summed E-state index contributed by atoms with van der Waals surface area (Å²) < 4.78 is 0. The lowest BCUT2D eigenvalue weighted by atomic mass is 10.1. The van der Waals surface area contributed by atoms with Crippen LogP contribution in [0.1, 0.15) is 40.5 Å². The van der Waals surface area contributed by atoms with Crippen LogP contribution in [0.5, 0.6) is 0 Å². The Morgan fingerprint density at radius 1 is 1.32 bits per heavy atom. The third kappa shape index (κ3) is 4.89. The van der Waals surface area contributed by atoms with E-state index in [1.54, 1.807) is 0 Å². The molecule has 1 fully saturated rings. The lowest BCUT2D eigenvalue weighted by molar-refractivity contribution is 0.0947. The molecule has 4 heteroatoms. The van der Waals surface area contributed by atoms with Crippen molar-refractivity contribution in [3.05, 3.63) is 65.0 Å². The van der Waals surface area contributed by atoms with Gasteiger partial charge in [0.1, 0.15) is 0 Å². The van der Waals surface area contributed by atoms with E-state index in [9.17, 15) is 4.79 Å². The number of nitrogens with zero attached hydrogens (tertiary/aromatic N) is 2. The number of benzene rings is 1. The van der Waals surface area contributed by atoms with Crippen molar-refractivity contribution in [3.63, 3.8) is 0 Å². The van der Waals surface area contributed by atoms with Crippen LogP contribution < -0.4 is 5.32 Å². The molecule has 3 rings (SSSR count). The fraction of sp³-hybridized carbons (Fsp3) is 0.429. The van der Waals surface area contributed by atoms with Gasteiger partial charge in [-0.15, -0.1) is 0 Å². The van der Waals surface area contributed by atoms with Gasteiger partial charge < -0.3 is 5.32 Å². The van der Waals surface area contributed by atoms with E-state index < -0.39 is 0 Å². The van der Waals surface area contributed by atoms with Crippen molar-refractivity contribution in [1.82, 2.24) is 15.2 Å². The van der Waals surface area contributed by atoms with Crippen LogP contribution in [-0.4, -0.2) is 35.4 Å². The molecule has 1 amide bonds. The minimum Gasteiger partial charge on any atom is -0.352 e. The number of hydrogen-bond acceptors (Lipinski definition) is 3. The summed E-state index contributed by atoms with van der Waals surface area (Å²) in [5.41, 5.74) is 4.26. The van der Waals surface area contributed by atoms with Gasteiger partial charge in [0.15, 0.2) is 0 Å². The van der Waals surface area contributed by atoms with Gasteiger partial charge in [-0.05, 0) is 56.0 Å². The average Bonchev–Trinajstić information content (AvgIpc) is 3.08. The summed E-state index contributed by atoms with van der Waals surface area (Å²) in [4.78, 5) is 19.2. The minimum atomic E-state index is 0.0268. The zero-order valence-electron chi connectivity index (χ0n) is 15.2. The van der Waals surface area contributed by atoms with E-state index in [1.807, 2.05) is 37.4 Å². The average molecular weight is 337 g/mol. The van der Waals surface area contributed by atoms with Crippen LogP contribution in [0.4, 0.5) is 0 Å². The molecular weight excluding hydrogens is 310 g/mol. The third-order valence-corrected chi connectivity index (χ3v) is 4.88. The van der Waals surface area contributed by atoms with Crippen LogP contribution in [0.15, 0.2) is 42.6 Å². The van der Waals surface area contributed by atoms with Crippen LogP contribution >= 0.6 is 0 Å². The van der Waals surface area contributed by atoms with Crippen LogP contribution in [0.3, 0.4) is 0 Å². The first-order chi connectivity index (χ1) is 12.1. The minimum absolute atomic E-state index is 0.0268. The molecule has 1 saturated heterocycles. The number of likely N-dealkylation sites (tertiary alicyclic amines) is 1. The maximum atomic E-state index is 12.3. The molecule has 0 radical (unpaired) electrons. The number of carbonyl (C=O) groups excluding carboxylic acids is 1. The molecule has 4 nitrogen and oxygen atoms in total. The number of rotatable bonds is 6. The maximum absolute atomic E-state index is 12.3. The van der Waals surface area contributed by atoms with E-state index in [-0.39, 0.29) is 5.91 Å². The molecule has 2 heterocycles. The van der Waals surface area contributed by atoms with Crippen molar-refractivity contribution >= 4 is 5.91 Å². The summed E-state index contributed by atoms with van der Waals surface area (Å²) in [6.45, 7) is 7.88. The third-order valence-electron chi connectivity index (χ3n) is 4.88. The molecule has 132 valence electrons. The van der Waals surface area contributed by atoms with Crippen molar-refractivity contribution in [2.45, 2.75) is 33.2 Å². The van der Waals surface area contributed by atoms with Gasteiger partial charge in [0, 0.05) is 31.4 Å². The Hall–Kier alpha value is -2.20. The van der Waals surface area contributed by atoms with Gasteiger partial charge in [0.25, 0.3) is 5.91 Å². The van der Waals surface area contributed by atoms with Gasteiger partial charge in [0.05, 0.1) is 5.69 Å². The molecule has 1 aromatic heterocycles. The lowest BCUT2D eigenvalue weighted by Gasteiger charge is -2.16. The van der Waals surface area contributed by atoms with Gasteiger partial charge in [0.2, 0.25) is 0 Å². The number of amides is 1. The monoisotopic (exact) mass is 337 g/mol. The first-order valence-electron chi connectivity index (χ1n) is 9.15. The highest BCUT2D eigenvalue weighted by molar-refractivity contribution is 5.94. The van der Waals surface area contributed by atoms with E-state index in [0.717, 1.165) is 55.8 Å². The largest absolute Gasteiger partial charge is 0.352 e. The molecule has 0 spiro atoms.